The SMILES string of the molecule is Cc1ccc(-c2noc(CN(C)C(C)CO)n2)cc1. The van der Waals surface area contributed by atoms with E-state index in [1.807, 2.05) is 50.1 Å². The second kappa shape index (κ2) is 5.95. The van der Waals surface area contributed by atoms with Gasteiger partial charge in [-0.05, 0) is 20.9 Å². The highest BCUT2D eigenvalue weighted by molar-refractivity contribution is 5.54. The van der Waals surface area contributed by atoms with Crippen molar-refractivity contribution in [3.8, 4) is 11.4 Å². The first-order valence-corrected chi connectivity index (χ1v) is 6.31. The van der Waals surface area contributed by atoms with Crippen LogP contribution in [0.4, 0.5) is 0 Å². The first-order valence-electron chi connectivity index (χ1n) is 6.31. The van der Waals surface area contributed by atoms with Gasteiger partial charge >= 0.3 is 0 Å². The molecule has 2 rings (SSSR count). The lowest BCUT2D eigenvalue weighted by atomic mass is 10.1. The largest absolute Gasteiger partial charge is 0.395 e. The molecule has 0 saturated heterocycles. The summed E-state index contributed by atoms with van der Waals surface area (Å²) in [6, 6.07) is 8.06. The van der Waals surface area contributed by atoms with E-state index >= 15 is 0 Å². The van der Waals surface area contributed by atoms with Crippen molar-refractivity contribution < 1.29 is 9.63 Å². The average Bonchev–Trinajstić information content (AvgIpc) is 2.87. The quantitative estimate of drug-likeness (QED) is 0.890. The molecule has 1 aromatic carbocycles. The van der Waals surface area contributed by atoms with Gasteiger partial charge < -0.3 is 9.63 Å². The lowest BCUT2D eigenvalue weighted by molar-refractivity contribution is 0.142. The van der Waals surface area contributed by atoms with Crippen molar-refractivity contribution in [3.63, 3.8) is 0 Å². The predicted molar refractivity (Wildman–Crippen MR) is 72.5 cm³/mol. The maximum atomic E-state index is 9.08. The maximum absolute atomic E-state index is 9.08. The van der Waals surface area contributed by atoms with E-state index in [2.05, 4.69) is 10.1 Å². The molecular weight excluding hydrogens is 242 g/mol. The highest BCUT2D eigenvalue weighted by atomic mass is 16.5. The minimum absolute atomic E-state index is 0.0646. The number of hydrogen-bond donors (Lipinski definition) is 1. The molecule has 5 heteroatoms. The molecule has 1 atom stereocenters. The lowest BCUT2D eigenvalue weighted by Gasteiger charge is -2.20. The van der Waals surface area contributed by atoms with Crippen molar-refractivity contribution in [3.05, 3.63) is 35.7 Å². The number of aromatic nitrogens is 2. The Morgan fingerprint density at radius 3 is 2.63 bits per heavy atom. The third kappa shape index (κ3) is 3.39. The Balaban J connectivity index is 2.09. The summed E-state index contributed by atoms with van der Waals surface area (Å²) in [5.41, 5.74) is 2.14. The Labute approximate surface area is 112 Å². The van der Waals surface area contributed by atoms with E-state index in [1.165, 1.54) is 5.56 Å². The number of aliphatic hydroxyl groups is 1. The summed E-state index contributed by atoms with van der Waals surface area (Å²) < 4.78 is 5.23. The van der Waals surface area contributed by atoms with E-state index in [0.717, 1.165) is 5.56 Å². The van der Waals surface area contributed by atoms with E-state index in [1.54, 1.807) is 0 Å². The smallest absolute Gasteiger partial charge is 0.241 e. The number of likely N-dealkylation sites (N-methyl/N-ethyl adjacent to an activating group) is 1. The number of nitrogens with zero attached hydrogens (tertiary/aromatic N) is 3. The summed E-state index contributed by atoms with van der Waals surface area (Å²) in [6.07, 6.45) is 0. The predicted octanol–water partition coefficient (Wildman–Crippen LogP) is 1.86. The fourth-order valence-corrected chi connectivity index (χ4v) is 1.65. The minimum atomic E-state index is 0.0646. The summed E-state index contributed by atoms with van der Waals surface area (Å²) in [6.45, 7) is 4.62. The third-order valence-electron chi connectivity index (χ3n) is 3.18. The second-order valence-electron chi connectivity index (χ2n) is 4.82. The van der Waals surface area contributed by atoms with E-state index in [4.69, 9.17) is 9.63 Å². The Hall–Kier alpha value is -1.72. The average molecular weight is 261 g/mol. The van der Waals surface area contributed by atoms with Gasteiger partial charge in [0.25, 0.3) is 0 Å². The monoisotopic (exact) mass is 261 g/mol. The standard InChI is InChI=1S/C14H19N3O2/c1-10-4-6-12(7-5-10)14-15-13(19-16-14)8-17(3)11(2)9-18/h4-7,11,18H,8-9H2,1-3H3. The summed E-state index contributed by atoms with van der Waals surface area (Å²) in [5, 5.41) is 13.1. The fraction of sp³-hybridized carbons (Fsp3) is 0.429. The Kier molecular flexibility index (Phi) is 4.29. The van der Waals surface area contributed by atoms with Gasteiger partial charge in [0.1, 0.15) is 0 Å². The number of aliphatic hydroxyl groups excluding tert-OH is 1. The number of rotatable bonds is 5. The van der Waals surface area contributed by atoms with Crippen LogP contribution in [0.1, 0.15) is 18.4 Å². The Morgan fingerprint density at radius 1 is 1.32 bits per heavy atom. The van der Waals surface area contributed by atoms with Crippen LogP contribution >= 0.6 is 0 Å². The van der Waals surface area contributed by atoms with Gasteiger partial charge in [-0.15, -0.1) is 0 Å². The molecule has 0 fully saturated rings. The maximum Gasteiger partial charge on any atom is 0.241 e. The van der Waals surface area contributed by atoms with Gasteiger partial charge in [0.05, 0.1) is 13.2 Å². The zero-order valence-corrected chi connectivity index (χ0v) is 11.5. The normalized spacial score (nSPS) is 12.9. The molecule has 0 aliphatic carbocycles. The highest BCUT2D eigenvalue weighted by Crippen LogP contribution is 2.17. The van der Waals surface area contributed by atoms with Crippen LogP contribution in [-0.4, -0.2) is 39.8 Å². The van der Waals surface area contributed by atoms with E-state index in [9.17, 15) is 0 Å². The van der Waals surface area contributed by atoms with Gasteiger partial charge in [0.15, 0.2) is 0 Å². The lowest BCUT2D eigenvalue weighted by Crippen LogP contribution is -2.31. The van der Waals surface area contributed by atoms with Crippen LogP contribution in [-0.2, 0) is 6.54 Å². The van der Waals surface area contributed by atoms with Gasteiger partial charge in [0.2, 0.25) is 11.7 Å². The molecule has 19 heavy (non-hydrogen) atoms. The molecule has 0 aliphatic rings. The van der Waals surface area contributed by atoms with Crippen molar-refractivity contribution in [2.75, 3.05) is 13.7 Å². The molecule has 0 spiro atoms. The van der Waals surface area contributed by atoms with Crippen molar-refractivity contribution in [1.29, 1.82) is 0 Å². The molecule has 0 amide bonds. The molecule has 1 heterocycles. The molecule has 5 nitrogen and oxygen atoms in total. The summed E-state index contributed by atoms with van der Waals surface area (Å²) >= 11 is 0. The fourth-order valence-electron chi connectivity index (χ4n) is 1.65. The van der Waals surface area contributed by atoms with Gasteiger partial charge in [-0.3, -0.25) is 4.90 Å². The van der Waals surface area contributed by atoms with Gasteiger partial charge in [-0.1, -0.05) is 35.0 Å². The second-order valence-corrected chi connectivity index (χ2v) is 4.82. The highest BCUT2D eigenvalue weighted by Gasteiger charge is 2.13. The topological polar surface area (TPSA) is 62.4 Å². The summed E-state index contributed by atoms with van der Waals surface area (Å²) in [4.78, 5) is 6.33. The first-order chi connectivity index (χ1) is 9.10. The van der Waals surface area contributed by atoms with Crippen molar-refractivity contribution >= 4 is 0 Å². The Bertz CT molecular complexity index is 522. The Morgan fingerprint density at radius 2 is 2.00 bits per heavy atom. The van der Waals surface area contributed by atoms with Gasteiger partial charge in [-0.2, -0.15) is 4.98 Å². The van der Waals surface area contributed by atoms with Crippen LogP contribution in [0.2, 0.25) is 0 Å². The molecule has 0 radical (unpaired) electrons. The first kappa shape index (κ1) is 13.7. The van der Waals surface area contributed by atoms with Gasteiger partial charge in [-0.25, -0.2) is 0 Å². The van der Waals surface area contributed by atoms with Crippen LogP contribution in [0.5, 0.6) is 0 Å². The summed E-state index contributed by atoms with van der Waals surface area (Å²) in [7, 11) is 1.91. The molecule has 102 valence electrons. The van der Waals surface area contributed by atoms with E-state index < -0.39 is 0 Å². The van der Waals surface area contributed by atoms with Crippen molar-refractivity contribution in [2.24, 2.45) is 0 Å². The minimum Gasteiger partial charge on any atom is -0.395 e. The van der Waals surface area contributed by atoms with Crippen LogP contribution in [0.15, 0.2) is 28.8 Å². The zero-order chi connectivity index (χ0) is 13.8. The molecule has 1 aromatic heterocycles. The molecule has 0 bridgehead atoms. The van der Waals surface area contributed by atoms with Gasteiger partial charge in [0, 0.05) is 11.6 Å². The van der Waals surface area contributed by atoms with E-state index in [0.29, 0.717) is 18.3 Å². The van der Waals surface area contributed by atoms with Crippen molar-refractivity contribution in [2.45, 2.75) is 26.4 Å². The number of aryl methyl sites for hydroxylation is 1. The molecule has 0 aliphatic heterocycles. The van der Waals surface area contributed by atoms with Crippen molar-refractivity contribution in [1.82, 2.24) is 15.0 Å². The summed E-state index contributed by atoms with van der Waals surface area (Å²) in [5.74, 6) is 1.15. The zero-order valence-electron chi connectivity index (χ0n) is 11.5. The third-order valence-corrected chi connectivity index (χ3v) is 3.18. The van der Waals surface area contributed by atoms with E-state index in [-0.39, 0.29) is 12.6 Å². The van der Waals surface area contributed by atoms with Crippen LogP contribution in [0, 0.1) is 6.92 Å². The molecule has 1 unspecified atom stereocenters. The number of hydrogen-bond acceptors (Lipinski definition) is 5. The molecule has 2 aromatic rings. The molecule has 0 saturated carbocycles. The number of benzene rings is 1. The van der Waals surface area contributed by atoms with Crippen LogP contribution in [0.25, 0.3) is 11.4 Å². The molecule has 1 N–H and O–H groups in total. The van der Waals surface area contributed by atoms with Crippen LogP contribution < -0.4 is 0 Å². The van der Waals surface area contributed by atoms with Crippen LogP contribution in [0.3, 0.4) is 0 Å². The molecular formula is C14H19N3O2.